The van der Waals surface area contributed by atoms with E-state index in [0.717, 1.165) is 29.8 Å². The van der Waals surface area contributed by atoms with Gasteiger partial charge in [-0.25, -0.2) is 0 Å². The second kappa shape index (κ2) is 10.6. The minimum absolute atomic E-state index is 0.527. The van der Waals surface area contributed by atoms with E-state index in [9.17, 15) is 0 Å². The Bertz CT molecular complexity index is 735. The molecule has 0 unspecified atom stereocenters. The molecule has 0 spiro atoms. The molecule has 26 heavy (non-hydrogen) atoms. The Morgan fingerprint density at radius 3 is 2.46 bits per heavy atom. The Morgan fingerprint density at radius 2 is 1.77 bits per heavy atom. The van der Waals surface area contributed by atoms with E-state index in [-0.39, 0.29) is 0 Å². The van der Waals surface area contributed by atoms with E-state index < -0.39 is 0 Å². The fourth-order valence-electron chi connectivity index (χ4n) is 2.34. The average molecular weight is 377 g/mol. The van der Waals surface area contributed by atoms with Crippen molar-refractivity contribution < 1.29 is 14.2 Å². The molecule has 5 nitrogen and oxygen atoms in total. The molecule has 0 saturated heterocycles. The molecule has 0 aliphatic rings. The van der Waals surface area contributed by atoms with Gasteiger partial charge < -0.3 is 14.2 Å². The summed E-state index contributed by atoms with van der Waals surface area (Å²) in [5.41, 5.74) is 4.61. The third-order valence-corrected chi connectivity index (χ3v) is 4.05. The minimum atomic E-state index is 0.527. The molecule has 0 aliphatic carbocycles. The molecule has 0 aliphatic heterocycles. The zero-order valence-electron chi connectivity index (χ0n) is 15.4. The molecule has 0 amide bonds. The SMILES string of the molecule is CCCCCOc1ccc(/C=N/Nc2ccc(OC)c(Cl)c2)cc1OC. The molecule has 0 heterocycles. The quantitative estimate of drug-likeness (QED) is 0.344. The Balaban J connectivity index is 1.98. The number of hydrogen-bond donors (Lipinski definition) is 1. The van der Waals surface area contributed by atoms with Gasteiger partial charge in [0.15, 0.2) is 11.5 Å². The van der Waals surface area contributed by atoms with E-state index in [4.69, 9.17) is 25.8 Å². The first-order chi connectivity index (χ1) is 12.7. The molecule has 140 valence electrons. The van der Waals surface area contributed by atoms with Crippen molar-refractivity contribution in [2.45, 2.75) is 26.2 Å². The van der Waals surface area contributed by atoms with Gasteiger partial charge in [-0.15, -0.1) is 0 Å². The second-order valence-corrected chi connectivity index (χ2v) is 6.09. The number of hydrazone groups is 1. The highest BCUT2D eigenvalue weighted by molar-refractivity contribution is 6.32. The summed E-state index contributed by atoms with van der Waals surface area (Å²) in [6, 6.07) is 11.1. The lowest BCUT2D eigenvalue weighted by Crippen LogP contribution is -2.00. The van der Waals surface area contributed by atoms with Crippen LogP contribution in [0, 0.1) is 0 Å². The number of unbranched alkanes of at least 4 members (excludes halogenated alkanes) is 2. The van der Waals surface area contributed by atoms with Gasteiger partial charge in [-0.05, 0) is 48.4 Å². The van der Waals surface area contributed by atoms with Crippen LogP contribution in [0.2, 0.25) is 5.02 Å². The summed E-state index contributed by atoms with van der Waals surface area (Å²) in [7, 11) is 3.21. The Labute approximate surface area is 159 Å². The van der Waals surface area contributed by atoms with Crippen LogP contribution in [0.1, 0.15) is 31.7 Å². The molecule has 0 radical (unpaired) electrons. The summed E-state index contributed by atoms with van der Waals surface area (Å²) in [5.74, 6) is 2.06. The number of benzene rings is 2. The number of hydrogen-bond acceptors (Lipinski definition) is 5. The third kappa shape index (κ3) is 5.85. The highest BCUT2D eigenvalue weighted by atomic mass is 35.5. The number of halogens is 1. The molecule has 0 atom stereocenters. The minimum Gasteiger partial charge on any atom is -0.495 e. The molecule has 6 heteroatoms. The summed E-state index contributed by atoms with van der Waals surface area (Å²) >= 11 is 6.10. The van der Waals surface area contributed by atoms with Crippen LogP contribution in [0.5, 0.6) is 17.2 Å². The lowest BCUT2D eigenvalue weighted by atomic mass is 10.2. The molecule has 2 aromatic rings. The molecule has 0 saturated carbocycles. The number of nitrogens with zero attached hydrogens (tertiary/aromatic N) is 1. The predicted molar refractivity (Wildman–Crippen MR) is 107 cm³/mol. The molecule has 2 rings (SSSR count). The van der Waals surface area contributed by atoms with Crippen molar-refractivity contribution in [1.82, 2.24) is 0 Å². The first-order valence-corrected chi connectivity index (χ1v) is 8.99. The molecule has 0 bridgehead atoms. The summed E-state index contributed by atoms with van der Waals surface area (Å²) in [5, 5.41) is 4.76. The normalized spacial score (nSPS) is 10.8. The number of nitrogens with one attached hydrogen (secondary N) is 1. The molecule has 0 aromatic heterocycles. The van der Waals surface area contributed by atoms with Crippen LogP contribution in [0.15, 0.2) is 41.5 Å². The highest BCUT2D eigenvalue weighted by Gasteiger charge is 2.05. The van der Waals surface area contributed by atoms with Gasteiger partial charge in [-0.3, -0.25) is 5.43 Å². The van der Waals surface area contributed by atoms with Crippen LogP contribution in [0.3, 0.4) is 0 Å². The van der Waals surface area contributed by atoms with Crippen molar-refractivity contribution in [2.24, 2.45) is 5.10 Å². The fourth-order valence-corrected chi connectivity index (χ4v) is 2.59. The maximum atomic E-state index is 6.10. The van der Waals surface area contributed by atoms with E-state index in [1.165, 1.54) is 6.42 Å². The van der Waals surface area contributed by atoms with E-state index in [2.05, 4.69) is 17.5 Å². The maximum absolute atomic E-state index is 6.10. The number of anilines is 1. The zero-order valence-corrected chi connectivity index (χ0v) is 16.2. The summed E-state index contributed by atoms with van der Waals surface area (Å²) in [6.45, 7) is 2.86. The van der Waals surface area contributed by atoms with Crippen LogP contribution >= 0.6 is 11.6 Å². The van der Waals surface area contributed by atoms with Crippen LogP contribution in [0.4, 0.5) is 5.69 Å². The smallest absolute Gasteiger partial charge is 0.161 e. The van der Waals surface area contributed by atoms with Crippen LogP contribution in [0.25, 0.3) is 0 Å². The number of ether oxygens (including phenoxy) is 3. The standard InChI is InChI=1S/C20H25ClN2O3/c1-4-5-6-11-26-19-9-7-15(12-20(19)25-3)14-22-23-16-8-10-18(24-2)17(21)13-16/h7-10,12-14,23H,4-6,11H2,1-3H3/b22-14+. The van der Waals surface area contributed by atoms with E-state index in [1.54, 1.807) is 32.6 Å². The Kier molecular flexibility index (Phi) is 8.09. The second-order valence-electron chi connectivity index (χ2n) is 5.69. The molecule has 1 N–H and O–H groups in total. The van der Waals surface area contributed by atoms with Gasteiger partial charge in [0, 0.05) is 0 Å². The number of methoxy groups -OCH3 is 2. The molecular weight excluding hydrogens is 352 g/mol. The van der Waals surface area contributed by atoms with Crippen molar-refractivity contribution in [3.05, 3.63) is 47.0 Å². The van der Waals surface area contributed by atoms with Crippen LogP contribution in [-0.4, -0.2) is 27.0 Å². The van der Waals surface area contributed by atoms with Gasteiger partial charge in [0.2, 0.25) is 0 Å². The Morgan fingerprint density at radius 1 is 1.00 bits per heavy atom. The summed E-state index contributed by atoms with van der Waals surface area (Å²) < 4.78 is 16.3. The lowest BCUT2D eigenvalue weighted by Gasteiger charge is -2.11. The van der Waals surface area contributed by atoms with Crippen LogP contribution < -0.4 is 19.6 Å². The van der Waals surface area contributed by atoms with E-state index in [1.807, 2.05) is 24.3 Å². The summed E-state index contributed by atoms with van der Waals surface area (Å²) in [6.07, 6.45) is 5.08. The first-order valence-electron chi connectivity index (χ1n) is 8.61. The van der Waals surface area contributed by atoms with Gasteiger partial charge in [0.25, 0.3) is 0 Å². The van der Waals surface area contributed by atoms with E-state index in [0.29, 0.717) is 23.1 Å². The highest BCUT2D eigenvalue weighted by Crippen LogP contribution is 2.28. The van der Waals surface area contributed by atoms with Crippen LogP contribution in [-0.2, 0) is 0 Å². The Hall–Kier alpha value is -2.40. The van der Waals surface area contributed by atoms with Gasteiger partial charge in [0.05, 0.1) is 37.8 Å². The number of rotatable bonds is 10. The fraction of sp³-hybridized carbons (Fsp3) is 0.350. The van der Waals surface area contributed by atoms with E-state index >= 15 is 0 Å². The van der Waals surface area contributed by atoms with Crippen molar-refractivity contribution in [1.29, 1.82) is 0 Å². The van der Waals surface area contributed by atoms with Gasteiger partial charge in [-0.1, -0.05) is 31.4 Å². The molecule has 0 fully saturated rings. The average Bonchev–Trinajstić information content (AvgIpc) is 2.66. The van der Waals surface area contributed by atoms with Gasteiger partial charge in [0.1, 0.15) is 5.75 Å². The predicted octanol–water partition coefficient (Wildman–Crippen LogP) is 5.37. The first kappa shape index (κ1) is 19.9. The lowest BCUT2D eigenvalue weighted by molar-refractivity contribution is 0.286. The summed E-state index contributed by atoms with van der Waals surface area (Å²) in [4.78, 5) is 0. The monoisotopic (exact) mass is 376 g/mol. The van der Waals surface area contributed by atoms with Crippen molar-refractivity contribution in [3.8, 4) is 17.2 Å². The third-order valence-electron chi connectivity index (χ3n) is 3.75. The zero-order chi connectivity index (χ0) is 18.8. The van der Waals surface area contributed by atoms with Gasteiger partial charge >= 0.3 is 0 Å². The maximum Gasteiger partial charge on any atom is 0.161 e. The van der Waals surface area contributed by atoms with Gasteiger partial charge in [-0.2, -0.15) is 5.10 Å². The van der Waals surface area contributed by atoms with Crippen molar-refractivity contribution >= 4 is 23.5 Å². The molecule has 2 aromatic carbocycles. The van der Waals surface area contributed by atoms with Crippen molar-refractivity contribution in [2.75, 3.05) is 26.3 Å². The largest absolute Gasteiger partial charge is 0.495 e. The molecular formula is C20H25ClN2O3. The van der Waals surface area contributed by atoms with Crippen molar-refractivity contribution in [3.63, 3.8) is 0 Å². The topological polar surface area (TPSA) is 52.1 Å².